The number of ketones is 1. The fraction of sp³-hybridized carbons (Fsp3) is 0.231. The van der Waals surface area contributed by atoms with Gasteiger partial charge in [-0.1, -0.05) is 25.1 Å². The van der Waals surface area contributed by atoms with Gasteiger partial charge >= 0.3 is 0 Å². The van der Waals surface area contributed by atoms with Crippen molar-refractivity contribution in [3.05, 3.63) is 46.2 Å². The third-order valence-electron chi connectivity index (χ3n) is 2.59. The van der Waals surface area contributed by atoms with Gasteiger partial charge < -0.3 is 0 Å². The summed E-state index contributed by atoms with van der Waals surface area (Å²) in [7, 11) is -1.31. The number of Topliss-reactive ketones (excluding diaryl/α,β-unsaturated/α-hetero) is 1. The maximum absolute atomic E-state index is 12.3. The molecule has 1 aromatic carbocycles. The molecule has 0 aliphatic carbocycles. The van der Waals surface area contributed by atoms with Crippen molar-refractivity contribution in [3.8, 4) is 5.69 Å². The Kier molecular flexibility index (Phi) is 4.11. The van der Waals surface area contributed by atoms with Gasteiger partial charge in [-0.15, -0.1) is 0 Å². The molecule has 0 saturated carbocycles. The first-order valence-corrected chi connectivity index (χ1v) is 7.86. The van der Waals surface area contributed by atoms with Crippen molar-refractivity contribution in [1.29, 1.82) is 0 Å². The van der Waals surface area contributed by atoms with Gasteiger partial charge in [0.1, 0.15) is 9.77 Å². The zero-order chi connectivity index (χ0) is 14.0. The minimum atomic E-state index is -1.31. The molecule has 1 unspecified atom stereocenters. The van der Waals surface area contributed by atoms with Crippen LogP contribution in [0.25, 0.3) is 5.69 Å². The van der Waals surface area contributed by atoms with Crippen LogP contribution in [0.3, 0.4) is 0 Å². The van der Waals surface area contributed by atoms with Crippen molar-refractivity contribution in [2.45, 2.75) is 18.1 Å². The van der Waals surface area contributed by atoms with Gasteiger partial charge in [-0.25, -0.2) is 3.96 Å². The van der Waals surface area contributed by atoms with E-state index in [0.29, 0.717) is 15.6 Å². The summed E-state index contributed by atoms with van der Waals surface area (Å²) >= 11 is 1.08. The summed E-state index contributed by atoms with van der Waals surface area (Å²) in [5.74, 6) is 0.0439. The molecule has 0 radical (unpaired) electrons. The normalized spacial score (nSPS) is 12.3. The van der Waals surface area contributed by atoms with Crippen molar-refractivity contribution < 1.29 is 9.00 Å². The van der Waals surface area contributed by atoms with Crippen LogP contribution in [0, 0.1) is 0 Å². The molecule has 0 saturated heterocycles. The van der Waals surface area contributed by atoms with Crippen molar-refractivity contribution in [2.24, 2.45) is 0 Å². The summed E-state index contributed by atoms with van der Waals surface area (Å²) in [4.78, 5) is 23.9. The highest BCUT2D eigenvalue weighted by Gasteiger charge is 2.22. The molecule has 2 aromatic rings. The molecule has 0 aliphatic rings. The summed E-state index contributed by atoms with van der Waals surface area (Å²) in [6.45, 7) is 3.09. The molecule has 0 amide bonds. The van der Waals surface area contributed by atoms with E-state index in [1.165, 1.54) is 10.9 Å². The van der Waals surface area contributed by atoms with Crippen LogP contribution in [-0.4, -0.2) is 19.7 Å². The van der Waals surface area contributed by atoms with Gasteiger partial charge in [0.15, 0.2) is 5.78 Å². The first-order valence-electron chi connectivity index (χ1n) is 5.77. The lowest BCUT2D eigenvalue weighted by molar-refractivity contribution is 0.101. The van der Waals surface area contributed by atoms with Crippen LogP contribution in [0.4, 0.5) is 0 Å². The molecule has 100 valence electrons. The van der Waals surface area contributed by atoms with Gasteiger partial charge in [0.2, 0.25) is 0 Å². The third-order valence-corrected chi connectivity index (χ3v) is 5.44. The second-order valence-electron chi connectivity index (χ2n) is 3.88. The Hall–Kier alpha value is -1.53. The van der Waals surface area contributed by atoms with Crippen LogP contribution < -0.4 is 5.56 Å². The standard InChI is InChI=1S/C13H13NO3S2/c1-3-19(17)13-11(9(2)15)12(16)14(18-13)10-7-5-4-6-8-10/h4-8H,3H2,1-2H3. The molecule has 1 heterocycles. The Morgan fingerprint density at radius 2 is 1.95 bits per heavy atom. The fourth-order valence-corrected chi connectivity index (χ4v) is 4.19. The van der Waals surface area contributed by atoms with Gasteiger partial charge in [-0.3, -0.25) is 13.8 Å². The predicted octanol–water partition coefficient (Wildman–Crippen LogP) is 2.23. The number of rotatable bonds is 4. The zero-order valence-corrected chi connectivity index (χ0v) is 12.2. The molecule has 2 rings (SSSR count). The van der Waals surface area contributed by atoms with Crippen LogP contribution in [0.1, 0.15) is 24.2 Å². The predicted molar refractivity (Wildman–Crippen MR) is 76.9 cm³/mol. The monoisotopic (exact) mass is 295 g/mol. The molecule has 0 aliphatic heterocycles. The number of benzene rings is 1. The largest absolute Gasteiger partial charge is 0.294 e. The molecular formula is C13H13NO3S2. The van der Waals surface area contributed by atoms with E-state index in [-0.39, 0.29) is 16.9 Å². The number of aromatic nitrogens is 1. The molecule has 19 heavy (non-hydrogen) atoms. The van der Waals surface area contributed by atoms with Crippen molar-refractivity contribution in [2.75, 3.05) is 5.75 Å². The van der Waals surface area contributed by atoms with Crippen molar-refractivity contribution in [3.63, 3.8) is 0 Å². The Morgan fingerprint density at radius 3 is 2.47 bits per heavy atom. The highest BCUT2D eigenvalue weighted by Crippen LogP contribution is 2.21. The number of hydrogen-bond acceptors (Lipinski definition) is 4. The van der Waals surface area contributed by atoms with E-state index < -0.39 is 10.8 Å². The first-order chi connectivity index (χ1) is 9.06. The lowest BCUT2D eigenvalue weighted by atomic mass is 10.2. The Bertz CT molecular complexity index is 686. The lowest BCUT2D eigenvalue weighted by Gasteiger charge is -1.98. The molecule has 1 atom stereocenters. The zero-order valence-electron chi connectivity index (χ0n) is 10.6. The average molecular weight is 295 g/mol. The van der Waals surface area contributed by atoms with Crippen LogP contribution in [0.15, 0.2) is 39.3 Å². The minimum absolute atomic E-state index is 0.0500. The topological polar surface area (TPSA) is 56.1 Å². The summed E-state index contributed by atoms with van der Waals surface area (Å²) in [5.41, 5.74) is 0.342. The quantitative estimate of drug-likeness (QED) is 0.813. The number of carbonyl (C=O) groups excluding carboxylic acids is 1. The summed E-state index contributed by atoms with van der Waals surface area (Å²) in [6, 6.07) is 9.02. The highest BCUT2D eigenvalue weighted by molar-refractivity contribution is 7.87. The van der Waals surface area contributed by atoms with E-state index in [2.05, 4.69) is 0 Å². The average Bonchev–Trinajstić information content (AvgIpc) is 2.76. The van der Waals surface area contributed by atoms with E-state index >= 15 is 0 Å². The maximum atomic E-state index is 12.3. The molecule has 0 bridgehead atoms. The maximum Gasteiger partial charge on any atom is 0.277 e. The van der Waals surface area contributed by atoms with Gasteiger partial charge in [-0.2, -0.15) is 0 Å². The van der Waals surface area contributed by atoms with Gasteiger partial charge in [0.25, 0.3) is 5.56 Å². The molecule has 4 nitrogen and oxygen atoms in total. The highest BCUT2D eigenvalue weighted by atomic mass is 32.2. The second kappa shape index (κ2) is 5.63. The fourth-order valence-electron chi connectivity index (χ4n) is 1.67. The van der Waals surface area contributed by atoms with E-state index in [0.717, 1.165) is 11.5 Å². The van der Waals surface area contributed by atoms with Gasteiger partial charge in [0, 0.05) is 5.75 Å². The van der Waals surface area contributed by atoms with Gasteiger partial charge in [-0.05, 0) is 30.6 Å². The first kappa shape index (κ1) is 13.9. The number of nitrogens with zero attached hydrogens (tertiary/aromatic N) is 1. The SMILES string of the molecule is CCS(=O)c1sn(-c2ccccc2)c(=O)c1C(C)=O. The van der Waals surface area contributed by atoms with E-state index in [1.54, 1.807) is 19.1 Å². The lowest BCUT2D eigenvalue weighted by Crippen LogP contribution is -2.18. The van der Waals surface area contributed by atoms with Gasteiger partial charge in [0.05, 0.1) is 16.5 Å². The molecule has 0 N–H and O–H groups in total. The molecule has 0 spiro atoms. The van der Waals surface area contributed by atoms with Crippen LogP contribution in [0.5, 0.6) is 0 Å². The van der Waals surface area contributed by atoms with Crippen LogP contribution in [0.2, 0.25) is 0 Å². The van der Waals surface area contributed by atoms with E-state index in [4.69, 9.17) is 0 Å². The van der Waals surface area contributed by atoms with Crippen molar-refractivity contribution >= 4 is 28.1 Å². The van der Waals surface area contributed by atoms with Crippen LogP contribution >= 0.6 is 11.5 Å². The van der Waals surface area contributed by atoms with E-state index in [9.17, 15) is 13.8 Å². The number of carbonyl (C=O) groups is 1. The van der Waals surface area contributed by atoms with E-state index in [1.807, 2.05) is 18.2 Å². The Labute approximate surface area is 117 Å². The minimum Gasteiger partial charge on any atom is -0.294 e. The number of para-hydroxylation sites is 1. The van der Waals surface area contributed by atoms with Crippen molar-refractivity contribution in [1.82, 2.24) is 3.96 Å². The molecule has 0 fully saturated rings. The van der Waals surface area contributed by atoms with Crippen LogP contribution in [-0.2, 0) is 10.8 Å². The smallest absolute Gasteiger partial charge is 0.277 e. The Morgan fingerprint density at radius 1 is 1.32 bits per heavy atom. The Balaban J connectivity index is 2.69. The summed E-state index contributed by atoms with van der Waals surface area (Å²) < 4.78 is 13.7. The molecular weight excluding hydrogens is 282 g/mol. The molecule has 1 aromatic heterocycles. The second-order valence-corrected chi connectivity index (χ2v) is 6.77. The molecule has 6 heteroatoms. The summed E-state index contributed by atoms with van der Waals surface area (Å²) in [6.07, 6.45) is 0. The number of hydrogen-bond donors (Lipinski definition) is 0. The third kappa shape index (κ3) is 2.59. The summed E-state index contributed by atoms with van der Waals surface area (Å²) in [5, 5.41) is 0.